The molecule has 0 aromatic heterocycles. The summed E-state index contributed by atoms with van der Waals surface area (Å²) < 4.78 is 0. The van der Waals surface area contributed by atoms with E-state index in [1.165, 1.54) is 0 Å². The van der Waals surface area contributed by atoms with Crippen molar-refractivity contribution in [3.63, 3.8) is 0 Å². The molecule has 0 aliphatic heterocycles. The molecule has 4 nitrogen and oxygen atoms in total. The zero-order valence-electron chi connectivity index (χ0n) is 6.63. The Kier molecular flexibility index (Phi) is 1.44. The van der Waals surface area contributed by atoms with Gasteiger partial charge in [0, 0.05) is 0 Å². The average Bonchev–Trinajstić information content (AvgIpc) is 2.37. The molecule has 2 amide bonds. The van der Waals surface area contributed by atoms with E-state index in [0.29, 0.717) is 0 Å². The van der Waals surface area contributed by atoms with Crippen LogP contribution in [-0.2, 0) is 9.59 Å². The van der Waals surface area contributed by atoms with E-state index in [-0.39, 0.29) is 11.8 Å². The minimum absolute atomic E-state index is 0.00231. The zero-order valence-corrected chi connectivity index (χ0v) is 6.63. The highest BCUT2D eigenvalue weighted by atomic mass is 16.2. The summed E-state index contributed by atoms with van der Waals surface area (Å²) in [6.45, 7) is 3.48. The van der Waals surface area contributed by atoms with Gasteiger partial charge in [0.1, 0.15) is 0 Å². The molecule has 0 aromatic rings. The molecule has 62 valence electrons. The van der Waals surface area contributed by atoms with Crippen LogP contribution in [0.5, 0.6) is 0 Å². The summed E-state index contributed by atoms with van der Waals surface area (Å²) >= 11 is 0. The van der Waals surface area contributed by atoms with E-state index < -0.39 is 17.2 Å². The number of nitrogens with two attached hydrogens (primary N) is 2. The van der Waals surface area contributed by atoms with E-state index in [0.717, 1.165) is 0 Å². The topological polar surface area (TPSA) is 86.2 Å². The van der Waals surface area contributed by atoms with E-state index in [4.69, 9.17) is 11.5 Å². The van der Waals surface area contributed by atoms with Gasteiger partial charge in [0.2, 0.25) is 11.8 Å². The molecule has 0 heterocycles. The monoisotopic (exact) mass is 156 g/mol. The van der Waals surface area contributed by atoms with Crippen LogP contribution in [-0.4, -0.2) is 11.8 Å². The molecule has 4 heteroatoms. The van der Waals surface area contributed by atoms with Crippen LogP contribution < -0.4 is 11.5 Å². The third-order valence-corrected chi connectivity index (χ3v) is 2.82. The molecular weight excluding hydrogens is 144 g/mol. The van der Waals surface area contributed by atoms with Crippen LogP contribution in [0.3, 0.4) is 0 Å². The Bertz CT molecular complexity index is 226. The molecule has 0 radical (unpaired) electrons. The van der Waals surface area contributed by atoms with Crippen molar-refractivity contribution in [2.45, 2.75) is 13.8 Å². The van der Waals surface area contributed by atoms with E-state index in [1.54, 1.807) is 13.8 Å². The maximum atomic E-state index is 10.8. The molecule has 0 bridgehead atoms. The molecule has 0 spiro atoms. The van der Waals surface area contributed by atoms with Gasteiger partial charge in [0.25, 0.3) is 0 Å². The third kappa shape index (κ3) is 0.818. The van der Waals surface area contributed by atoms with Crippen LogP contribution in [0, 0.1) is 17.3 Å². The van der Waals surface area contributed by atoms with Gasteiger partial charge in [-0.1, -0.05) is 6.92 Å². The molecule has 3 atom stereocenters. The van der Waals surface area contributed by atoms with Crippen LogP contribution >= 0.6 is 0 Å². The van der Waals surface area contributed by atoms with Crippen molar-refractivity contribution in [1.82, 2.24) is 0 Å². The van der Waals surface area contributed by atoms with Gasteiger partial charge in [0.05, 0.1) is 11.3 Å². The normalized spacial score (nSPS) is 41.6. The highest BCUT2D eigenvalue weighted by Gasteiger charge is 2.65. The van der Waals surface area contributed by atoms with Crippen molar-refractivity contribution in [3.05, 3.63) is 0 Å². The fourth-order valence-electron chi connectivity index (χ4n) is 1.65. The quantitative estimate of drug-likeness (QED) is 0.550. The van der Waals surface area contributed by atoms with Crippen LogP contribution in [0.4, 0.5) is 0 Å². The summed E-state index contributed by atoms with van der Waals surface area (Å²) in [5.74, 6) is -1.23. The molecule has 1 aliphatic carbocycles. The van der Waals surface area contributed by atoms with Crippen molar-refractivity contribution in [2.24, 2.45) is 28.7 Å². The Labute approximate surface area is 64.9 Å². The molecule has 3 unspecified atom stereocenters. The highest BCUT2D eigenvalue weighted by molar-refractivity contribution is 5.94. The van der Waals surface area contributed by atoms with Crippen molar-refractivity contribution in [2.75, 3.05) is 0 Å². The van der Waals surface area contributed by atoms with Gasteiger partial charge in [-0.15, -0.1) is 0 Å². The Morgan fingerprint density at radius 2 is 1.82 bits per heavy atom. The maximum Gasteiger partial charge on any atom is 0.224 e. The average molecular weight is 156 g/mol. The molecule has 1 rings (SSSR count). The van der Waals surface area contributed by atoms with Gasteiger partial charge in [-0.2, -0.15) is 0 Å². The maximum absolute atomic E-state index is 10.8. The number of hydrogen-bond donors (Lipinski definition) is 2. The van der Waals surface area contributed by atoms with E-state index in [2.05, 4.69) is 0 Å². The van der Waals surface area contributed by atoms with E-state index in [9.17, 15) is 9.59 Å². The summed E-state index contributed by atoms with van der Waals surface area (Å²) in [4.78, 5) is 21.5. The lowest BCUT2D eigenvalue weighted by atomic mass is 10.1. The molecule has 1 saturated carbocycles. The van der Waals surface area contributed by atoms with Gasteiger partial charge >= 0.3 is 0 Å². The Morgan fingerprint density at radius 1 is 1.36 bits per heavy atom. The first-order valence-corrected chi connectivity index (χ1v) is 3.51. The second-order valence-electron chi connectivity index (χ2n) is 3.32. The van der Waals surface area contributed by atoms with E-state index >= 15 is 0 Å². The molecule has 4 N–H and O–H groups in total. The third-order valence-electron chi connectivity index (χ3n) is 2.82. The number of carbonyl (C=O) groups excluding carboxylic acids is 2. The lowest BCUT2D eigenvalue weighted by molar-refractivity contribution is -0.127. The Hall–Kier alpha value is -1.06. The summed E-state index contributed by atoms with van der Waals surface area (Å²) in [6, 6.07) is 0. The van der Waals surface area contributed by atoms with Gasteiger partial charge < -0.3 is 11.5 Å². The molecule has 0 saturated heterocycles. The first-order valence-electron chi connectivity index (χ1n) is 3.51. The lowest BCUT2D eigenvalue weighted by Crippen LogP contribution is -2.28. The molecule has 11 heavy (non-hydrogen) atoms. The van der Waals surface area contributed by atoms with Crippen molar-refractivity contribution in [3.8, 4) is 0 Å². The summed E-state index contributed by atoms with van der Waals surface area (Å²) in [5.41, 5.74) is 9.47. The number of hydrogen-bond acceptors (Lipinski definition) is 2. The zero-order chi connectivity index (χ0) is 8.81. The van der Waals surface area contributed by atoms with Gasteiger partial charge in [-0.05, 0) is 12.8 Å². The predicted octanol–water partition coefficient (Wildman–Crippen LogP) is -0.771. The van der Waals surface area contributed by atoms with Crippen molar-refractivity contribution < 1.29 is 9.59 Å². The van der Waals surface area contributed by atoms with Crippen LogP contribution in [0.15, 0.2) is 0 Å². The molecule has 1 aliphatic rings. The number of primary amides is 2. The predicted molar refractivity (Wildman–Crippen MR) is 39.1 cm³/mol. The largest absolute Gasteiger partial charge is 0.369 e. The number of amides is 2. The van der Waals surface area contributed by atoms with Gasteiger partial charge in [0.15, 0.2) is 0 Å². The Balaban J connectivity index is 2.81. The smallest absolute Gasteiger partial charge is 0.224 e. The van der Waals surface area contributed by atoms with Crippen molar-refractivity contribution >= 4 is 11.8 Å². The lowest BCUT2D eigenvalue weighted by Gasteiger charge is -2.02. The first kappa shape index (κ1) is 8.04. The van der Waals surface area contributed by atoms with Crippen LogP contribution in [0.1, 0.15) is 13.8 Å². The van der Waals surface area contributed by atoms with Gasteiger partial charge in [-0.3, -0.25) is 9.59 Å². The summed E-state index contributed by atoms with van der Waals surface area (Å²) in [5, 5.41) is 0. The molecule has 0 aromatic carbocycles. The summed E-state index contributed by atoms with van der Waals surface area (Å²) in [6.07, 6.45) is 0. The molecule has 1 fully saturated rings. The summed E-state index contributed by atoms with van der Waals surface area (Å²) in [7, 11) is 0. The first-order chi connectivity index (χ1) is 4.92. The van der Waals surface area contributed by atoms with E-state index in [1.807, 2.05) is 0 Å². The SMILES string of the molecule is CC1C(C(N)=O)C1(C)C(N)=O. The van der Waals surface area contributed by atoms with Crippen LogP contribution in [0.2, 0.25) is 0 Å². The second-order valence-corrected chi connectivity index (χ2v) is 3.32. The Morgan fingerprint density at radius 3 is 1.91 bits per heavy atom. The minimum atomic E-state index is -0.689. The minimum Gasteiger partial charge on any atom is -0.369 e. The number of carbonyl (C=O) groups is 2. The number of rotatable bonds is 2. The fourth-order valence-corrected chi connectivity index (χ4v) is 1.65. The van der Waals surface area contributed by atoms with Crippen LogP contribution in [0.25, 0.3) is 0 Å². The fraction of sp³-hybridized carbons (Fsp3) is 0.714. The highest BCUT2D eigenvalue weighted by Crippen LogP contribution is 2.57. The standard InChI is InChI=1S/C7H12N2O2/c1-3-4(5(8)10)7(3,2)6(9)11/h3-4H,1-2H3,(H2,8,10)(H2,9,11). The second kappa shape index (κ2) is 1.96. The van der Waals surface area contributed by atoms with Gasteiger partial charge in [-0.25, -0.2) is 0 Å². The van der Waals surface area contributed by atoms with Crippen molar-refractivity contribution in [1.29, 1.82) is 0 Å². The molecular formula is C7H12N2O2.